The predicted molar refractivity (Wildman–Crippen MR) is 88.4 cm³/mol. The Hall–Kier alpha value is -2.82. The summed E-state index contributed by atoms with van der Waals surface area (Å²) in [5.41, 5.74) is 1.98. The highest BCUT2D eigenvalue weighted by Gasteiger charge is 2.35. The monoisotopic (exact) mass is 325 g/mol. The summed E-state index contributed by atoms with van der Waals surface area (Å²) >= 11 is 0. The molecule has 5 heteroatoms. The molecule has 1 amide bonds. The second-order valence-corrected chi connectivity index (χ2v) is 5.83. The highest BCUT2D eigenvalue weighted by molar-refractivity contribution is 5.87. The Morgan fingerprint density at radius 3 is 2.46 bits per heavy atom. The molecule has 0 aromatic heterocycles. The van der Waals surface area contributed by atoms with Gasteiger partial charge >= 0.3 is 5.97 Å². The van der Waals surface area contributed by atoms with Crippen molar-refractivity contribution in [1.82, 2.24) is 4.90 Å². The van der Waals surface area contributed by atoms with Crippen molar-refractivity contribution in [3.63, 3.8) is 0 Å². The second kappa shape index (κ2) is 7.17. The number of amides is 1. The standard InChI is InChI=1S/C19H19NO4/c21-18-11-10-17(19(22)23)20(18)12-14-6-8-16(9-7-14)24-13-15-4-2-1-3-5-15/h1-9,17H,10-13H2,(H,22,23)/t17-/m1/s1. The summed E-state index contributed by atoms with van der Waals surface area (Å²) in [6.45, 7) is 0.806. The minimum atomic E-state index is -0.941. The van der Waals surface area contributed by atoms with Gasteiger partial charge in [0.2, 0.25) is 5.91 Å². The van der Waals surface area contributed by atoms with Gasteiger partial charge in [0.1, 0.15) is 18.4 Å². The maximum Gasteiger partial charge on any atom is 0.326 e. The van der Waals surface area contributed by atoms with Crippen LogP contribution in [0.5, 0.6) is 5.75 Å². The van der Waals surface area contributed by atoms with E-state index in [1.807, 2.05) is 54.6 Å². The van der Waals surface area contributed by atoms with E-state index in [4.69, 9.17) is 4.74 Å². The number of ether oxygens (including phenoxy) is 1. The summed E-state index contributed by atoms with van der Waals surface area (Å²) in [7, 11) is 0. The van der Waals surface area contributed by atoms with Crippen LogP contribution in [-0.4, -0.2) is 27.9 Å². The lowest BCUT2D eigenvalue weighted by Crippen LogP contribution is -2.37. The molecule has 0 saturated carbocycles. The van der Waals surface area contributed by atoms with Crippen molar-refractivity contribution in [3.05, 3.63) is 65.7 Å². The minimum Gasteiger partial charge on any atom is -0.489 e. The number of nitrogens with zero attached hydrogens (tertiary/aromatic N) is 1. The van der Waals surface area contributed by atoms with Gasteiger partial charge in [-0.15, -0.1) is 0 Å². The van der Waals surface area contributed by atoms with Crippen molar-refractivity contribution in [2.24, 2.45) is 0 Å². The van der Waals surface area contributed by atoms with Crippen LogP contribution in [-0.2, 0) is 22.7 Å². The maximum atomic E-state index is 11.9. The van der Waals surface area contributed by atoms with E-state index in [-0.39, 0.29) is 5.91 Å². The van der Waals surface area contributed by atoms with Crippen molar-refractivity contribution < 1.29 is 19.4 Å². The third-order valence-corrected chi connectivity index (χ3v) is 4.14. The van der Waals surface area contributed by atoms with Crippen LogP contribution in [0.2, 0.25) is 0 Å². The number of aliphatic carboxylic acids is 1. The predicted octanol–water partition coefficient (Wildman–Crippen LogP) is 2.84. The summed E-state index contributed by atoms with van der Waals surface area (Å²) in [5.74, 6) is -0.305. The van der Waals surface area contributed by atoms with Gasteiger partial charge in [-0.1, -0.05) is 42.5 Å². The number of carboxylic acid groups (broad SMARTS) is 1. The largest absolute Gasteiger partial charge is 0.489 e. The first-order valence-electron chi connectivity index (χ1n) is 7.91. The Kier molecular flexibility index (Phi) is 4.79. The number of rotatable bonds is 6. The lowest BCUT2D eigenvalue weighted by molar-refractivity contribution is -0.146. The Morgan fingerprint density at radius 1 is 1.08 bits per heavy atom. The summed E-state index contributed by atoms with van der Waals surface area (Å²) in [6.07, 6.45) is 0.682. The molecule has 24 heavy (non-hydrogen) atoms. The summed E-state index contributed by atoms with van der Waals surface area (Å²) in [4.78, 5) is 24.5. The first-order chi connectivity index (χ1) is 11.6. The van der Waals surface area contributed by atoms with Crippen LogP contribution in [0.3, 0.4) is 0 Å². The molecule has 0 radical (unpaired) electrons. The first-order valence-corrected chi connectivity index (χ1v) is 7.91. The van der Waals surface area contributed by atoms with Crippen LogP contribution in [0.4, 0.5) is 0 Å². The molecule has 1 fully saturated rings. The van der Waals surface area contributed by atoms with Gasteiger partial charge in [0.25, 0.3) is 0 Å². The van der Waals surface area contributed by atoms with Crippen molar-refractivity contribution in [3.8, 4) is 5.75 Å². The molecule has 1 heterocycles. The van der Waals surface area contributed by atoms with Gasteiger partial charge in [0.15, 0.2) is 0 Å². The average Bonchev–Trinajstić information content (AvgIpc) is 2.96. The normalized spacial score (nSPS) is 17.1. The third kappa shape index (κ3) is 3.74. The number of benzene rings is 2. The van der Waals surface area contributed by atoms with Crippen LogP contribution in [0, 0.1) is 0 Å². The molecule has 1 atom stereocenters. The van der Waals surface area contributed by atoms with Crippen LogP contribution in [0.15, 0.2) is 54.6 Å². The molecule has 0 bridgehead atoms. The van der Waals surface area contributed by atoms with Crippen molar-refractivity contribution in [1.29, 1.82) is 0 Å². The second-order valence-electron chi connectivity index (χ2n) is 5.83. The van der Waals surface area contributed by atoms with Gasteiger partial charge in [0, 0.05) is 13.0 Å². The van der Waals surface area contributed by atoms with Crippen LogP contribution >= 0.6 is 0 Å². The van der Waals surface area contributed by atoms with E-state index in [2.05, 4.69) is 0 Å². The summed E-state index contributed by atoms with van der Waals surface area (Å²) in [5, 5.41) is 9.19. The molecule has 3 rings (SSSR count). The lowest BCUT2D eigenvalue weighted by Gasteiger charge is -2.21. The van der Waals surface area contributed by atoms with E-state index >= 15 is 0 Å². The molecule has 1 N–H and O–H groups in total. The van der Waals surface area contributed by atoms with E-state index in [9.17, 15) is 14.7 Å². The number of hydrogen-bond donors (Lipinski definition) is 1. The van der Waals surface area contributed by atoms with Gasteiger partial charge in [-0.2, -0.15) is 0 Å². The Bertz CT molecular complexity index is 712. The number of carboxylic acids is 1. The summed E-state index contributed by atoms with van der Waals surface area (Å²) in [6, 6.07) is 16.6. The fraction of sp³-hybridized carbons (Fsp3) is 0.263. The fourth-order valence-corrected chi connectivity index (χ4v) is 2.82. The molecule has 0 aliphatic carbocycles. The van der Waals surface area contributed by atoms with Gasteiger partial charge in [-0.25, -0.2) is 4.79 Å². The zero-order valence-electron chi connectivity index (χ0n) is 13.2. The average molecular weight is 325 g/mol. The van der Waals surface area contributed by atoms with Gasteiger partial charge in [0.05, 0.1) is 0 Å². The molecule has 2 aromatic rings. The number of hydrogen-bond acceptors (Lipinski definition) is 3. The van der Waals surface area contributed by atoms with Crippen molar-refractivity contribution in [2.45, 2.75) is 32.0 Å². The number of carbonyl (C=O) groups excluding carboxylic acids is 1. The topological polar surface area (TPSA) is 66.8 Å². The molecule has 124 valence electrons. The lowest BCUT2D eigenvalue weighted by atomic mass is 10.1. The molecule has 5 nitrogen and oxygen atoms in total. The molecule has 2 aromatic carbocycles. The Morgan fingerprint density at radius 2 is 1.79 bits per heavy atom. The van der Waals surface area contributed by atoms with Crippen LogP contribution < -0.4 is 4.74 Å². The highest BCUT2D eigenvalue weighted by atomic mass is 16.5. The van der Waals surface area contributed by atoms with Crippen LogP contribution in [0.25, 0.3) is 0 Å². The minimum absolute atomic E-state index is 0.105. The maximum absolute atomic E-state index is 11.9. The van der Waals surface area contributed by atoms with Gasteiger partial charge in [-0.3, -0.25) is 4.79 Å². The van der Waals surface area contributed by atoms with Crippen molar-refractivity contribution in [2.75, 3.05) is 0 Å². The Balaban J connectivity index is 1.60. The summed E-state index contributed by atoms with van der Waals surface area (Å²) < 4.78 is 5.72. The zero-order chi connectivity index (χ0) is 16.9. The third-order valence-electron chi connectivity index (χ3n) is 4.14. The smallest absolute Gasteiger partial charge is 0.326 e. The molecule has 1 aliphatic rings. The molecular weight excluding hydrogens is 306 g/mol. The zero-order valence-corrected chi connectivity index (χ0v) is 13.2. The van der Waals surface area contributed by atoms with E-state index in [1.165, 1.54) is 4.90 Å². The van der Waals surface area contributed by atoms with Gasteiger partial charge < -0.3 is 14.7 Å². The first kappa shape index (κ1) is 16.1. The fourth-order valence-electron chi connectivity index (χ4n) is 2.82. The molecule has 0 spiro atoms. The van der Waals surface area contributed by atoms with Gasteiger partial charge in [-0.05, 0) is 29.7 Å². The molecule has 1 saturated heterocycles. The highest BCUT2D eigenvalue weighted by Crippen LogP contribution is 2.23. The quantitative estimate of drug-likeness (QED) is 0.887. The van der Waals surface area contributed by atoms with E-state index < -0.39 is 12.0 Å². The number of likely N-dealkylation sites (tertiary alicyclic amines) is 1. The molecule has 0 unspecified atom stereocenters. The van der Waals surface area contributed by atoms with E-state index in [1.54, 1.807) is 0 Å². The van der Waals surface area contributed by atoms with E-state index in [0.29, 0.717) is 26.0 Å². The Labute approximate surface area is 140 Å². The number of carbonyl (C=O) groups is 2. The van der Waals surface area contributed by atoms with Crippen molar-refractivity contribution >= 4 is 11.9 Å². The molecule has 1 aliphatic heterocycles. The SMILES string of the molecule is O=C(O)[C@H]1CCC(=O)N1Cc1ccc(OCc2ccccc2)cc1. The molecular formula is C19H19NO4. The van der Waals surface area contributed by atoms with E-state index in [0.717, 1.165) is 16.9 Å². The van der Waals surface area contributed by atoms with Crippen LogP contribution in [0.1, 0.15) is 24.0 Å².